The Labute approximate surface area is 166 Å². The Kier molecular flexibility index (Phi) is 6.08. The Morgan fingerprint density at radius 2 is 1.93 bits per heavy atom. The van der Waals surface area contributed by atoms with E-state index in [0.29, 0.717) is 17.1 Å². The summed E-state index contributed by atoms with van der Waals surface area (Å²) in [4.78, 5) is 33.9. The van der Waals surface area contributed by atoms with E-state index in [1.807, 2.05) is 6.07 Å². The molecule has 1 amide bonds. The molecule has 1 heterocycles. The fraction of sp³-hybridized carbons (Fsp3) is 0.200. The molecule has 1 aliphatic heterocycles. The summed E-state index contributed by atoms with van der Waals surface area (Å²) in [6, 6.07) is 10.7. The summed E-state index contributed by atoms with van der Waals surface area (Å²) in [5.41, 5.74) is 1.37. The molecule has 0 aromatic heterocycles. The van der Waals surface area contributed by atoms with E-state index in [1.54, 1.807) is 19.1 Å². The molecule has 0 saturated carbocycles. The second-order valence-corrected chi connectivity index (χ2v) is 6.19. The zero-order chi connectivity index (χ0) is 20.8. The summed E-state index contributed by atoms with van der Waals surface area (Å²) in [6.45, 7) is 1.53. The van der Waals surface area contributed by atoms with Gasteiger partial charge in [-0.2, -0.15) is 0 Å². The van der Waals surface area contributed by atoms with Crippen LogP contribution in [0.3, 0.4) is 0 Å². The summed E-state index contributed by atoms with van der Waals surface area (Å²) < 4.78 is 15.5. The number of amides is 1. The van der Waals surface area contributed by atoms with Gasteiger partial charge in [0.25, 0.3) is 11.6 Å². The summed E-state index contributed by atoms with van der Waals surface area (Å²) in [5.74, 6) is 0.119. The van der Waals surface area contributed by atoms with Crippen LogP contribution in [0.4, 0.5) is 5.69 Å². The number of carbonyl (C=O) groups excluding carboxylic acids is 2. The van der Waals surface area contributed by atoms with E-state index in [2.05, 4.69) is 5.32 Å². The summed E-state index contributed by atoms with van der Waals surface area (Å²) in [5, 5.41) is 13.3. The number of carbonyl (C=O) groups is 2. The number of nitro groups is 1. The molecule has 0 unspecified atom stereocenters. The lowest BCUT2D eigenvalue weighted by Crippen LogP contribution is -2.30. The van der Waals surface area contributed by atoms with E-state index < -0.39 is 23.4 Å². The Hall–Kier alpha value is -3.88. The quantitative estimate of drug-likeness (QED) is 0.330. The van der Waals surface area contributed by atoms with E-state index in [-0.39, 0.29) is 18.5 Å². The van der Waals surface area contributed by atoms with Crippen molar-refractivity contribution in [3.8, 4) is 11.5 Å². The van der Waals surface area contributed by atoms with Gasteiger partial charge in [0.2, 0.25) is 6.79 Å². The van der Waals surface area contributed by atoms with Gasteiger partial charge in [-0.1, -0.05) is 6.07 Å². The van der Waals surface area contributed by atoms with Gasteiger partial charge in [0.05, 0.1) is 11.0 Å². The second-order valence-electron chi connectivity index (χ2n) is 6.19. The number of hydrogen-bond acceptors (Lipinski definition) is 7. The third-order valence-electron chi connectivity index (χ3n) is 4.14. The topological polar surface area (TPSA) is 117 Å². The average Bonchev–Trinajstić information content (AvgIpc) is 3.18. The largest absolute Gasteiger partial charge is 0.454 e. The number of ether oxygens (including phenoxy) is 3. The van der Waals surface area contributed by atoms with Crippen LogP contribution >= 0.6 is 0 Å². The Balaban J connectivity index is 1.46. The van der Waals surface area contributed by atoms with Crippen LogP contribution in [0, 0.1) is 10.1 Å². The van der Waals surface area contributed by atoms with Crippen molar-refractivity contribution < 1.29 is 28.7 Å². The number of nitro benzene ring substituents is 1. The molecule has 1 atom stereocenters. The lowest BCUT2D eigenvalue weighted by molar-refractivity contribution is -0.384. The number of rotatable bonds is 7. The average molecular weight is 398 g/mol. The molecule has 1 aliphatic rings. The smallest absolute Gasteiger partial charge is 0.331 e. The van der Waals surface area contributed by atoms with Crippen LogP contribution in [0.25, 0.3) is 6.08 Å². The maximum absolute atomic E-state index is 12.0. The van der Waals surface area contributed by atoms with Crippen molar-refractivity contribution in [1.29, 1.82) is 0 Å². The third-order valence-corrected chi connectivity index (χ3v) is 4.14. The monoisotopic (exact) mass is 398 g/mol. The fourth-order valence-electron chi connectivity index (χ4n) is 2.61. The van der Waals surface area contributed by atoms with E-state index in [0.717, 1.165) is 11.6 Å². The van der Waals surface area contributed by atoms with Crippen LogP contribution in [0.5, 0.6) is 11.5 Å². The van der Waals surface area contributed by atoms with Gasteiger partial charge in [0.1, 0.15) is 0 Å². The molecule has 0 bridgehead atoms. The first kappa shape index (κ1) is 19.9. The molecule has 2 aromatic rings. The molecule has 0 aliphatic carbocycles. The third kappa shape index (κ3) is 5.32. The van der Waals surface area contributed by atoms with E-state index in [1.165, 1.54) is 30.3 Å². The number of nitrogens with one attached hydrogen (secondary N) is 1. The van der Waals surface area contributed by atoms with Crippen molar-refractivity contribution in [2.24, 2.45) is 0 Å². The van der Waals surface area contributed by atoms with Gasteiger partial charge >= 0.3 is 5.97 Å². The summed E-state index contributed by atoms with van der Waals surface area (Å²) in [7, 11) is 0. The number of hydrogen-bond donors (Lipinski definition) is 1. The van der Waals surface area contributed by atoms with Crippen LogP contribution < -0.4 is 14.8 Å². The predicted octanol–water partition coefficient (Wildman–Crippen LogP) is 2.76. The first-order valence-corrected chi connectivity index (χ1v) is 8.70. The highest BCUT2D eigenvalue weighted by atomic mass is 16.7. The Morgan fingerprint density at radius 1 is 1.21 bits per heavy atom. The van der Waals surface area contributed by atoms with Gasteiger partial charge in [-0.25, -0.2) is 4.79 Å². The lowest BCUT2D eigenvalue weighted by Gasteiger charge is -2.14. The molecule has 3 rings (SSSR count). The van der Waals surface area contributed by atoms with Crippen molar-refractivity contribution in [1.82, 2.24) is 5.32 Å². The molecule has 150 valence electrons. The first-order chi connectivity index (χ1) is 13.9. The SMILES string of the molecule is C[C@@H](NC(=O)COC(=O)/C=C/c1ccc([N+](=O)[O-])cc1)c1ccc2c(c1)OCO2. The number of nitrogens with zero attached hydrogens (tertiary/aromatic N) is 1. The summed E-state index contributed by atoms with van der Waals surface area (Å²) >= 11 is 0. The molecule has 1 N–H and O–H groups in total. The van der Waals surface area contributed by atoms with Gasteiger partial charge in [-0.05, 0) is 48.4 Å². The van der Waals surface area contributed by atoms with Crippen LogP contribution in [-0.4, -0.2) is 30.2 Å². The van der Waals surface area contributed by atoms with Crippen LogP contribution in [0.15, 0.2) is 48.5 Å². The van der Waals surface area contributed by atoms with Crippen molar-refractivity contribution in [3.63, 3.8) is 0 Å². The highest BCUT2D eigenvalue weighted by Gasteiger charge is 2.17. The zero-order valence-corrected chi connectivity index (χ0v) is 15.5. The van der Waals surface area contributed by atoms with Gasteiger partial charge in [0, 0.05) is 18.2 Å². The standard InChI is InChI=1S/C20H18N2O7/c1-13(15-5-8-17-18(10-15)29-12-28-17)21-19(23)11-27-20(24)9-4-14-2-6-16(7-3-14)22(25)26/h2-10,13H,11-12H2,1H3,(H,21,23)/b9-4+/t13-/m1/s1. The maximum atomic E-state index is 12.0. The van der Waals surface area contributed by atoms with Gasteiger partial charge in [-0.15, -0.1) is 0 Å². The molecular weight excluding hydrogens is 380 g/mol. The van der Waals surface area contributed by atoms with Crippen molar-refractivity contribution in [2.75, 3.05) is 13.4 Å². The van der Waals surface area contributed by atoms with E-state index >= 15 is 0 Å². The molecule has 29 heavy (non-hydrogen) atoms. The highest BCUT2D eigenvalue weighted by Crippen LogP contribution is 2.34. The first-order valence-electron chi connectivity index (χ1n) is 8.70. The molecule has 0 radical (unpaired) electrons. The van der Waals surface area contributed by atoms with E-state index in [4.69, 9.17) is 14.2 Å². The molecule has 0 saturated heterocycles. The maximum Gasteiger partial charge on any atom is 0.331 e. The second kappa shape index (κ2) is 8.87. The molecule has 0 fully saturated rings. The zero-order valence-electron chi connectivity index (χ0n) is 15.5. The minimum Gasteiger partial charge on any atom is -0.454 e. The van der Waals surface area contributed by atoms with E-state index in [9.17, 15) is 19.7 Å². The molecule has 2 aromatic carbocycles. The molecule has 9 heteroatoms. The number of non-ortho nitro benzene ring substituents is 1. The van der Waals surface area contributed by atoms with Gasteiger partial charge in [0.15, 0.2) is 18.1 Å². The number of esters is 1. The molecular formula is C20H18N2O7. The van der Waals surface area contributed by atoms with Gasteiger partial charge < -0.3 is 19.5 Å². The number of benzene rings is 2. The summed E-state index contributed by atoms with van der Waals surface area (Å²) in [6.07, 6.45) is 2.59. The van der Waals surface area contributed by atoms with Crippen molar-refractivity contribution in [2.45, 2.75) is 13.0 Å². The van der Waals surface area contributed by atoms with Crippen LogP contribution in [0.1, 0.15) is 24.1 Å². The molecule has 9 nitrogen and oxygen atoms in total. The minimum atomic E-state index is -0.700. The predicted molar refractivity (Wildman–Crippen MR) is 102 cm³/mol. The van der Waals surface area contributed by atoms with Crippen molar-refractivity contribution >= 4 is 23.6 Å². The minimum absolute atomic E-state index is 0.0435. The normalized spacial score (nSPS) is 13.1. The van der Waals surface area contributed by atoms with Crippen molar-refractivity contribution in [3.05, 3.63) is 69.8 Å². The number of fused-ring (bicyclic) bond motifs is 1. The fourth-order valence-corrected chi connectivity index (χ4v) is 2.61. The van der Waals surface area contributed by atoms with Crippen LogP contribution in [-0.2, 0) is 14.3 Å². The Bertz CT molecular complexity index is 954. The lowest BCUT2D eigenvalue weighted by atomic mass is 10.1. The molecule has 0 spiro atoms. The highest BCUT2D eigenvalue weighted by molar-refractivity contribution is 5.89. The van der Waals surface area contributed by atoms with Crippen LogP contribution in [0.2, 0.25) is 0 Å². The van der Waals surface area contributed by atoms with Gasteiger partial charge in [-0.3, -0.25) is 14.9 Å². The Morgan fingerprint density at radius 3 is 2.66 bits per heavy atom.